The van der Waals surface area contributed by atoms with Crippen LogP contribution in [-0.4, -0.2) is 23.3 Å². The predicted molar refractivity (Wildman–Crippen MR) is 94.1 cm³/mol. The van der Waals surface area contributed by atoms with Gasteiger partial charge >= 0.3 is 0 Å². The van der Waals surface area contributed by atoms with Crippen LogP contribution < -0.4 is 15.7 Å². The van der Waals surface area contributed by atoms with Gasteiger partial charge in [0.2, 0.25) is 0 Å². The number of nitrogens with zero attached hydrogens (tertiary/aromatic N) is 2. The molecule has 2 aromatic rings. The zero-order chi connectivity index (χ0) is 17.5. The first-order valence-electron chi connectivity index (χ1n) is 7.52. The minimum Gasteiger partial charge on any atom is -0.492 e. The van der Waals surface area contributed by atoms with Gasteiger partial charge in [-0.05, 0) is 49.7 Å². The number of ether oxygens (including phenoxy) is 1. The lowest BCUT2D eigenvalue weighted by Gasteiger charge is -2.06. The Bertz CT molecular complexity index is 815. The molecule has 1 aromatic heterocycles. The normalized spacial score (nSPS) is 10.8. The number of pyridine rings is 1. The number of nitrogens with one attached hydrogen (secondary N) is 1. The Labute approximate surface area is 144 Å². The van der Waals surface area contributed by atoms with Gasteiger partial charge in [0.05, 0.1) is 17.8 Å². The minimum atomic E-state index is -0.559. The molecule has 1 aromatic carbocycles. The van der Waals surface area contributed by atoms with E-state index < -0.39 is 5.91 Å². The topological polar surface area (TPSA) is 72.7 Å². The third kappa shape index (κ3) is 4.23. The van der Waals surface area contributed by atoms with Crippen LogP contribution in [-0.2, 0) is 6.54 Å². The lowest BCUT2D eigenvalue weighted by molar-refractivity contribution is 0.0953. The van der Waals surface area contributed by atoms with E-state index in [2.05, 4.69) is 10.5 Å². The summed E-state index contributed by atoms with van der Waals surface area (Å²) in [6.07, 6.45) is 3.07. The van der Waals surface area contributed by atoms with E-state index in [0.717, 1.165) is 0 Å². The maximum Gasteiger partial charge on any atom is 0.276 e. The lowest BCUT2D eigenvalue weighted by atomic mass is 10.2. The van der Waals surface area contributed by atoms with Crippen molar-refractivity contribution in [2.24, 2.45) is 5.10 Å². The predicted octanol–water partition coefficient (Wildman–Crippen LogP) is 2.68. The number of aryl methyl sites for hydroxylation is 1. The molecular formula is C17H18ClN3O3. The number of halogens is 1. The number of benzene rings is 1. The average Bonchev–Trinajstić information content (AvgIpc) is 2.57. The summed E-state index contributed by atoms with van der Waals surface area (Å²) in [7, 11) is 0. The van der Waals surface area contributed by atoms with Gasteiger partial charge in [-0.3, -0.25) is 9.59 Å². The van der Waals surface area contributed by atoms with E-state index in [1.807, 2.05) is 13.8 Å². The zero-order valence-electron chi connectivity index (χ0n) is 13.5. The summed E-state index contributed by atoms with van der Waals surface area (Å²) in [5.41, 5.74) is 2.73. The third-order valence-corrected chi connectivity index (χ3v) is 3.54. The van der Waals surface area contributed by atoms with Crippen LogP contribution in [0.1, 0.15) is 29.8 Å². The van der Waals surface area contributed by atoms with Crippen molar-refractivity contribution < 1.29 is 9.53 Å². The van der Waals surface area contributed by atoms with Crippen molar-refractivity contribution in [1.29, 1.82) is 0 Å². The second kappa shape index (κ2) is 8.31. The van der Waals surface area contributed by atoms with Crippen LogP contribution >= 0.6 is 11.6 Å². The van der Waals surface area contributed by atoms with E-state index >= 15 is 0 Å². The molecule has 0 saturated heterocycles. The van der Waals surface area contributed by atoms with E-state index in [4.69, 9.17) is 16.3 Å². The first-order valence-corrected chi connectivity index (χ1v) is 7.89. The van der Waals surface area contributed by atoms with Crippen molar-refractivity contribution in [3.8, 4) is 5.75 Å². The molecule has 6 nitrogen and oxygen atoms in total. The van der Waals surface area contributed by atoms with Gasteiger partial charge in [0.25, 0.3) is 11.5 Å². The smallest absolute Gasteiger partial charge is 0.276 e. The van der Waals surface area contributed by atoms with Gasteiger partial charge in [-0.1, -0.05) is 11.6 Å². The summed E-state index contributed by atoms with van der Waals surface area (Å²) in [5, 5.41) is 4.32. The Morgan fingerprint density at radius 3 is 2.83 bits per heavy atom. The molecule has 126 valence electrons. The van der Waals surface area contributed by atoms with Gasteiger partial charge in [-0.15, -0.1) is 0 Å². The average molecular weight is 348 g/mol. The number of hydrazone groups is 1. The Balaban J connectivity index is 2.08. The quantitative estimate of drug-likeness (QED) is 0.645. The highest BCUT2D eigenvalue weighted by Crippen LogP contribution is 2.24. The van der Waals surface area contributed by atoms with Crippen LogP contribution in [0.5, 0.6) is 5.75 Å². The molecule has 0 unspecified atom stereocenters. The Kier molecular flexibility index (Phi) is 6.14. The summed E-state index contributed by atoms with van der Waals surface area (Å²) in [5.74, 6) is 0.0286. The molecule has 1 heterocycles. The second-order valence-electron chi connectivity index (χ2n) is 4.84. The molecule has 2 rings (SSSR count). The summed E-state index contributed by atoms with van der Waals surface area (Å²) in [6, 6.07) is 8.28. The molecule has 0 fully saturated rings. The van der Waals surface area contributed by atoms with Crippen LogP contribution in [0, 0.1) is 0 Å². The standard InChI is InChI=1S/C17H18ClN3O3/c1-3-21-9-5-6-13(17(21)23)16(22)20-19-11-12-7-8-15(24-4-2)14(18)10-12/h5-11H,3-4H2,1-2H3,(H,20,22)/b19-11-. The molecule has 0 aliphatic heterocycles. The fourth-order valence-corrected chi connectivity index (χ4v) is 2.30. The van der Waals surface area contributed by atoms with Crippen LogP contribution in [0.2, 0.25) is 5.02 Å². The van der Waals surface area contributed by atoms with E-state index in [9.17, 15) is 9.59 Å². The monoisotopic (exact) mass is 347 g/mol. The SMILES string of the molecule is CCOc1ccc(/C=N\NC(=O)c2cccn(CC)c2=O)cc1Cl. The number of carbonyl (C=O) groups is 1. The number of carbonyl (C=O) groups excluding carboxylic acids is 1. The fraction of sp³-hybridized carbons (Fsp3) is 0.235. The van der Waals surface area contributed by atoms with E-state index in [1.165, 1.54) is 16.8 Å². The molecule has 24 heavy (non-hydrogen) atoms. The Morgan fingerprint density at radius 2 is 2.17 bits per heavy atom. The first-order chi connectivity index (χ1) is 11.6. The van der Waals surface area contributed by atoms with Crippen molar-refractivity contribution in [3.63, 3.8) is 0 Å². The molecular weight excluding hydrogens is 330 g/mol. The maximum absolute atomic E-state index is 12.0. The molecule has 1 amide bonds. The van der Waals surface area contributed by atoms with Crippen molar-refractivity contribution in [2.45, 2.75) is 20.4 Å². The van der Waals surface area contributed by atoms with Gasteiger partial charge in [0.15, 0.2) is 0 Å². The van der Waals surface area contributed by atoms with Crippen molar-refractivity contribution >= 4 is 23.7 Å². The number of hydrogen-bond donors (Lipinski definition) is 1. The molecule has 7 heteroatoms. The molecule has 0 bridgehead atoms. The molecule has 0 saturated carbocycles. The Morgan fingerprint density at radius 1 is 1.38 bits per heavy atom. The van der Waals surface area contributed by atoms with Crippen LogP contribution in [0.15, 0.2) is 46.4 Å². The van der Waals surface area contributed by atoms with E-state index in [1.54, 1.807) is 30.5 Å². The number of hydrogen-bond acceptors (Lipinski definition) is 4. The molecule has 0 atom stereocenters. The van der Waals surface area contributed by atoms with Gasteiger partial charge in [0.1, 0.15) is 11.3 Å². The van der Waals surface area contributed by atoms with Crippen LogP contribution in [0.4, 0.5) is 0 Å². The highest BCUT2D eigenvalue weighted by molar-refractivity contribution is 6.32. The third-order valence-electron chi connectivity index (χ3n) is 3.24. The summed E-state index contributed by atoms with van der Waals surface area (Å²) in [4.78, 5) is 24.1. The van der Waals surface area contributed by atoms with Crippen molar-refractivity contribution in [2.75, 3.05) is 6.61 Å². The maximum atomic E-state index is 12.0. The molecule has 0 aliphatic rings. The summed E-state index contributed by atoms with van der Waals surface area (Å²) < 4.78 is 6.79. The molecule has 1 N–H and O–H groups in total. The number of aromatic nitrogens is 1. The number of rotatable bonds is 6. The van der Waals surface area contributed by atoms with Gasteiger partial charge in [-0.25, -0.2) is 5.43 Å². The largest absolute Gasteiger partial charge is 0.492 e. The summed E-state index contributed by atoms with van der Waals surface area (Å²) in [6.45, 7) is 4.72. The van der Waals surface area contributed by atoms with E-state index in [-0.39, 0.29) is 11.1 Å². The molecule has 0 spiro atoms. The van der Waals surface area contributed by atoms with Crippen molar-refractivity contribution in [1.82, 2.24) is 9.99 Å². The van der Waals surface area contributed by atoms with Crippen LogP contribution in [0.3, 0.4) is 0 Å². The van der Waals surface area contributed by atoms with E-state index in [0.29, 0.717) is 29.5 Å². The lowest BCUT2D eigenvalue weighted by Crippen LogP contribution is -2.30. The van der Waals surface area contributed by atoms with Gasteiger partial charge in [0, 0.05) is 12.7 Å². The van der Waals surface area contributed by atoms with Gasteiger partial charge < -0.3 is 9.30 Å². The Hall–Kier alpha value is -2.60. The highest BCUT2D eigenvalue weighted by Gasteiger charge is 2.10. The minimum absolute atomic E-state index is 0.0428. The first kappa shape index (κ1) is 17.7. The molecule has 0 radical (unpaired) electrons. The fourth-order valence-electron chi connectivity index (χ4n) is 2.05. The zero-order valence-corrected chi connectivity index (χ0v) is 14.2. The highest BCUT2D eigenvalue weighted by atomic mass is 35.5. The van der Waals surface area contributed by atoms with Gasteiger partial charge in [-0.2, -0.15) is 5.10 Å². The second-order valence-corrected chi connectivity index (χ2v) is 5.24. The number of amides is 1. The van der Waals surface area contributed by atoms with Crippen molar-refractivity contribution in [3.05, 3.63) is 63.0 Å². The molecule has 0 aliphatic carbocycles. The van der Waals surface area contributed by atoms with Crippen LogP contribution in [0.25, 0.3) is 0 Å². The summed E-state index contributed by atoms with van der Waals surface area (Å²) >= 11 is 6.08.